The Balaban J connectivity index is 1.93. The Bertz CT molecular complexity index is 1550. The summed E-state index contributed by atoms with van der Waals surface area (Å²) in [5.41, 5.74) is 2.70. The lowest BCUT2D eigenvalue weighted by Gasteiger charge is -2.31. The summed E-state index contributed by atoms with van der Waals surface area (Å²) in [5, 5.41) is 0. The van der Waals surface area contributed by atoms with Crippen molar-refractivity contribution in [2.45, 2.75) is 124 Å². The Kier molecular flexibility index (Phi) is 14.2. The van der Waals surface area contributed by atoms with Gasteiger partial charge >= 0.3 is 11.9 Å². The summed E-state index contributed by atoms with van der Waals surface area (Å²) in [7, 11) is 6.29. The highest BCUT2D eigenvalue weighted by Gasteiger charge is 2.36. The lowest BCUT2D eigenvalue weighted by Crippen LogP contribution is -2.28. The first kappa shape index (κ1) is 40.2. The van der Waals surface area contributed by atoms with Crippen molar-refractivity contribution in [3.8, 4) is 28.7 Å². The molecular formula is C40H56O10. The van der Waals surface area contributed by atoms with Crippen LogP contribution in [0.25, 0.3) is 0 Å². The molecular weight excluding hydrogens is 640 g/mol. The maximum absolute atomic E-state index is 14.0. The number of carbonyl (C=O) groups excluding carboxylic acids is 3. The van der Waals surface area contributed by atoms with Crippen molar-refractivity contribution in [1.29, 1.82) is 0 Å². The number of Topliss-reactive ketones (excluding diaryl/α,β-unsaturated/α-hetero) is 1. The fourth-order valence-corrected chi connectivity index (χ4v) is 6.27. The summed E-state index contributed by atoms with van der Waals surface area (Å²) >= 11 is 0. The van der Waals surface area contributed by atoms with E-state index in [1.165, 1.54) is 12.7 Å². The summed E-state index contributed by atoms with van der Waals surface area (Å²) in [5.74, 6) is 1.88. The Morgan fingerprint density at radius 2 is 1.44 bits per heavy atom. The highest BCUT2D eigenvalue weighted by Crippen LogP contribution is 2.48. The van der Waals surface area contributed by atoms with Crippen LogP contribution >= 0.6 is 0 Å². The number of ketones is 1. The number of rotatable bonds is 18. The maximum Gasteiger partial charge on any atom is 0.306 e. The van der Waals surface area contributed by atoms with E-state index < -0.39 is 17.3 Å². The van der Waals surface area contributed by atoms with Gasteiger partial charge in [0.2, 0.25) is 0 Å². The lowest BCUT2D eigenvalue weighted by molar-refractivity contribution is -0.157. The van der Waals surface area contributed by atoms with Crippen molar-refractivity contribution >= 4 is 17.7 Å². The van der Waals surface area contributed by atoms with Crippen LogP contribution in [0.5, 0.6) is 28.7 Å². The minimum absolute atomic E-state index is 0.0888. The van der Waals surface area contributed by atoms with Gasteiger partial charge in [0, 0.05) is 35.6 Å². The van der Waals surface area contributed by atoms with Gasteiger partial charge in [0.05, 0.1) is 34.9 Å². The van der Waals surface area contributed by atoms with E-state index in [1.807, 2.05) is 39.8 Å². The summed E-state index contributed by atoms with van der Waals surface area (Å²) in [6.07, 6.45) is 6.20. The average Bonchev–Trinajstić information content (AvgIpc) is 3.07. The van der Waals surface area contributed by atoms with Gasteiger partial charge in [-0.25, -0.2) is 0 Å². The Morgan fingerprint density at radius 3 is 2.00 bits per heavy atom. The van der Waals surface area contributed by atoms with Gasteiger partial charge in [-0.2, -0.15) is 0 Å². The number of ether oxygens (including phenoxy) is 7. The molecule has 2 aromatic carbocycles. The van der Waals surface area contributed by atoms with E-state index in [2.05, 4.69) is 13.0 Å². The van der Waals surface area contributed by atoms with E-state index in [0.29, 0.717) is 65.6 Å². The second kappa shape index (κ2) is 17.6. The first-order chi connectivity index (χ1) is 23.6. The molecule has 1 atom stereocenters. The number of methoxy groups -OCH3 is 4. The average molecular weight is 697 g/mol. The highest BCUT2D eigenvalue weighted by atomic mass is 16.6. The zero-order valence-corrected chi connectivity index (χ0v) is 31.8. The number of fused-ring (bicyclic) bond motifs is 1. The van der Waals surface area contributed by atoms with Crippen LogP contribution in [-0.2, 0) is 31.9 Å². The molecule has 1 heterocycles. The van der Waals surface area contributed by atoms with Crippen LogP contribution in [-0.4, -0.2) is 57.4 Å². The standard InChI is InChI=1S/C40H56O10/c1-12-34(42)49-39(4,5)21-14-15-25(3)16-17-27-26(18-19-30(44-8)37(27)46-10)32-23-29(41)36-33(48-32)24-31(45-9)28(38(36)47-11)20-22-40(6,7)50-35(43)13-2/h16,18-19,24,32H,12-15,17,20-23H2,1-11H3/b25-16+/t32-/m0/s1. The quantitative estimate of drug-likeness (QED) is 0.111. The minimum Gasteiger partial charge on any atom is -0.496 e. The molecule has 0 amide bonds. The number of hydrogen-bond acceptors (Lipinski definition) is 10. The van der Waals surface area contributed by atoms with Crippen LogP contribution in [0.1, 0.15) is 127 Å². The van der Waals surface area contributed by atoms with Crippen LogP contribution in [0.2, 0.25) is 0 Å². The third-order valence-electron chi connectivity index (χ3n) is 9.02. The molecule has 3 rings (SSSR count). The smallest absolute Gasteiger partial charge is 0.306 e. The fraction of sp³-hybridized carbons (Fsp3) is 0.575. The molecule has 0 bridgehead atoms. The molecule has 0 saturated carbocycles. The van der Waals surface area contributed by atoms with Crippen LogP contribution in [0, 0.1) is 0 Å². The molecule has 0 unspecified atom stereocenters. The van der Waals surface area contributed by atoms with Crippen LogP contribution in [0.15, 0.2) is 29.8 Å². The third kappa shape index (κ3) is 10.2. The van der Waals surface area contributed by atoms with Gasteiger partial charge < -0.3 is 33.2 Å². The van der Waals surface area contributed by atoms with Gasteiger partial charge in [0.1, 0.15) is 40.1 Å². The van der Waals surface area contributed by atoms with E-state index in [4.69, 9.17) is 33.2 Å². The molecule has 0 N–H and O–H groups in total. The molecule has 0 spiro atoms. The summed E-state index contributed by atoms with van der Waals surface area (Å²) < 4.78 is 40.9. The SMILES string of the molecule is CCC(=O)OC(C)(C)CCC/C(C)=C/Cc1c([C@@H]2CC(=O)c3c(cc(OC)c(CCC(C)(C)OC(=O)CC)c3OC)O2)ccc(OC)c1OC. The molecule has 1 aliphatic heterocycles. The molecule has 0 saturated heterocycles. The van der Waals surface area contributed by atoms with Gasteiger partial charge in [-0.05, 0) is 79.2 Å². The highest BCUT2D eigenvalue weighted by molar-refractivity contribution is 6.03. The topological polar surface area (TPSA) is 116 Å². The Labute approximate surface area is 297 Å². The number of allylic oxidation sites excluding steroid dienone is 2. The summed E-state index contributed by atoms with van der Waals surface area (Å²) in [4.78, 5) is 37.8. The first-order valence-corrected chi connectivity index (χ1v) is 17.4. The van der Waals surface area contributed by atoms with Crippen molar-refractivity contribution < 1.29 is 47.5 Å². The van der Waals surface area contributed by atoms with E-state index in [1.54, 1.807) is 41.2 Å². The van der Waals surface area contributed by atoms with Crippen molar-refractivity contribution in [3.63, 3.8) is 0 Å². The normalized spacial score (nSPS) is 14.7. The molecule has 0 aliphatic carbocycles. The van der Waals surface area contributed by atoms with E-state index in [0.717, 1.165) is 30.4 Å². The summed E-state index contributed by atoms with van der Waals surface area (Å²) in [6, 6.07) is 5.50. The van der Waals surface area contributed by atoms with Gasteiger partial charge in [0.15, 0.2) is 17.3 Å². The van der Waals surface area contributed by atoms with Gasteiger partial charge in [-0.15, -0.1) is 0 Å². The van der Waals surface area contributed by atoms with E-state index >= 15 is 0 Å². The maximum atomic E-state index is 14.0. The van der Waals surface area contributed by atoms with Gasteiger partial charge in [0.25, 0.3) is 0 Å². The zero-order chi connectivity index (χ0) is 37.2. The number of esters is 2. The fourth-order valence-electron chi connectivity index (χ4n) is 6.27. The number of benzene rings is 2. The molecule has 10 nitrogen and oxygen atoms in total. The molecule has 0 aromatic heterocycles. The first-order valence-electron chi connectivity index (χ1n) is 17.4. The molecule has 276 valence electrons. The predicted molar refractivity (Wildman–Crippen MR) is 192 cm³/mol. The summed E-state index contributed by atoms with van der Waals surface area (Å²) in [6.45, 7) is 13.2. The Morgan fingerprint density at radius 1 is 0.840 bits per heavy atom. The molecule has 1 aliphatic rings. The predicted octanol–water partition coefficient (Wildman–Crippen LogP) is 8.48. The number of hydrogen-bond donors (Lipinski definition) is 0. The largest absolute Gasteiger partial charge is 0.496 e. The van der Waals surface area contributed by atoms with Crippen LogP contribution in [0.4, 0.5) is 0 Å². The second-order valence-electron chi connectivity index (χ2n) is 13.8. The third-order valence-corrected chi connectivity index (χ3v) is 9.02. The zero-order valence-electron chi connectivity index (χ0n) is 31.8. The Hall–Kier alpha value is -4.21. The van der Waals surface area contributed by atoms with Crippen LogP contribution in [0.3, 0.4) is 0 Å². The molecule has 10 heteroatoms. The van der Waals surface area contributed by atoms with E-state index in [-0.39, 0.29) is 30.6 Å². The van der Waals surface area contributed by atoms with Crippen molar-refractivity contribution in [3.05, 3.63) is 52.1 Å². The van der Waals surface area contributed by atoms with E-state index in [9.17, 15) is 14.4 Å². The monoisotopic (exact) mass is 696 g/mol. The molecule has 50 heavy (non-hydrogen) atoms. The van der Waals surface area contributed by atoms with Crippen LogP contribution < -0.4 is 23.7 Å². The van der Waals surface area contributed by atoms with Gasteiger partial charge in [-0.1, -0.05) is 31.6 Å². The second-order valence-corrected chi connectivity index (χ2v) is 13.8. The molecule has 0 fully saturated rings. The molecule has 0 radical (unpaired) electrons. The molecule has 2 aromatic rings. The number of carbonyl (C=O) groups is 3. The van der Waals surface area contributed by atoms with Gasteiger partial charge in [-0.3, -0.25) is 14.4 Å². The minimum atomic E-state index is -0.721. The van der Waals surface area contributed by atoms with Crippen molar-refractivity contribution in [1.82, 2.24) is 0 Å². The van der Waals surface area contributed by atoms with Crippen molar-refractivity contribution in [2.24, 2.45) is 0 Å². The lowest BCUT2D eigenvalue weighted by atomic mass is 9.88. The van der Waals surface area contributed by atoms with Crippen molar-refractivity contribution in [2.75, 3.05) is 28.4 Å².